The van der Waals surface area contributed by atoms with E-state index in [2.05, 4.69) is 5.32 Å². The van der Waals surface area contributed by atoms with E-state index >= 15 is 0 Å². The lowest BCUT2D eigenvalue weighted by atomic mass is 10.3. The Hall–Kier alpha value is -1.18. The Kier molecular flexibility index (Phi) is 5.28. The lowest BCUT2D eigenvalue weighted by Crippen LogP contribution is -2.39. The molecule has 0 aliphatic carbocycles. The van der Waals surface area contributed by atoms with E-state index < -0.39 is 16.1 Å². The number of sulfonamides is 1. The van der Waals surface area contributed by atoms with Crippen molar-refractivity contribution in [1.82, 2.24) is 10.0 Å². The van der Waals surface area contributed by atoms with Gasteiger partial charge in [0, 0.05) is 6.54 Å². The number of halogens is 2. The number of urea groups is 1. The molecule has 0 heterocycles. The topological polar surface area (TPSA) is 101 Å². The molecule has 6 nitrogen and oxygen atoms in total. The van der Waals surface area contributed by atoms with E-state index in [1.165, 1.54) is 12.1 Å². The van der Waals surface area contributed by atoms with Crippen LogP contribution in [0.25, 0.3) is 0 Å². The van der Waals surface area contributed by atoms with Crippen molar-refractivity contribution in [3.05, 3.63) is 22.2 Å². The lowest BCUT2D eigenvalue weighted by molar-refractivity contribution is 0.246. The van der Waals surface area contributed by atoms with Crippen LogP contribution in [0.15, 0.2) is 17.0 Å². The Morgan fingerprint density at radius 1 is 1.37 bits per heavy atom. The van der Waals surface area contributed by atoms with Gasteiger partial charge >= 0.3 is 6.03 Å². The van der Waals surface area contributed by atoms with Crippen molar-refractivity contribution in [2.24, 2.45) is 0 Å². The summed E-state index contributed by atoms with van der Waals surface area (Å²) in [5.74, 6) is 0. The van der Waals surface area contributed by atoms with Crippen LogP contribution in [0.1, 0.15) is 13.3 Å². The molecule has 0 aromatic heterocycles. The van der Waals surface area contributed by atoms with E-state index in [4.69, 9.17) is 28.9 Å². The van der Waals surface area contributed by atoms with Crippen LogP contribution in [0.2, 0.25) is 10.0 Å². The zero-order chi connectivity index (χ0) is 14.6. The minimum Gasteiger partial charge on any atom is -0.396 e. The summed E-state index contributed by atoms with van der Waals surface area (Å²) in [7, 11) is -4.09. The molecule has 0 bridgehead atoms. The molecule has 2 amide bonds. The molecule has 0 aliphatic heterocycles. The molecule has 9 heteroatoms. The van der Waals surface area contributed by atoms with E-state index in [0.717, 1.165) is 0 Å². The van der Waals surface area contributed by atoms with Gasteiger partial charge in [-0.15, -0.1) is 0 Å². The van der Waals surface area contributed by atoms with E-state index in [0.29, 0.717) is 13.0 Å². The molecule has 1 aromatic carbocycles. The van der Waals surface area contributed by atoms with Gasteiger partial charge in [0.05, 0.1) is 15.7 Å². The van der Waals surface area contributed by atoms with E-state index in [1.54, 1.807) is 0 Å². The van der Waals surface area contributed by atoms with Crippen molar-refractivity contribution in [2.45, 2.75) is 18.2 Å². The third-order valence-corrected chi connectivity index (χ3v) is 4.37. The number of nitrogen functional groups attached to an aromatic ring is 1. The highest BCUT2D eigenvalue weighted by atomic mass is 35.5. The molecule has 0 spiro atoms. The smallest absolute Gasteiger partial charge is 0.328 e. The molecule has 1 aromatic rings. The van der Waals surface area contributed by atoms with Gasteiger partial charge in [0.1, 0.15) is 4.90 Å². The number of nitrogens with two attached hydrogens (primary N) is 1. The maximum absolute atomic E-state index is 11.9. The fourth-order valence-corrected chi connectivity index (χ4v) is 2.90. The first-order valence-electron chi connectivity index (χ1n) is 5.33. The molecular formula is C10H13Cl2N3O3S. The monoisotopic (exact) mass is 325 g/mol. The zero-order valence-corrected chi connectivity index (χ0v) is 12.4. The number of amides is 2. The highest BCUT2D eigenvalue weighted by molar-refractivity contribution is 7.90. The highest BCUT2D eigenvalue weighted by Crippen LogP contribution is 2.32. The average molecular weight is 326 g/mol. The van der Waals surface area contributed by atoms with Gasteiger partial charge in [-0.05, 0) is 18.6 Å². The number of carbonyl (C=O) groups excluding carboxylic acids is 1. The Morgan fingerprint density at radius 3 is 2.58 bits per heavy atom. The first-order chi connectivity index (χ1) is 8.79. The standard InChI is InChI=1S/C10H13Cl2N3O3S/c1-2-5-14-10(16)15-19(17,18)7-4-3-6(11)9(13)8(7)12/h3-4H,2,5,13H2,1H3,(H2,14,15,16). The Labute approximate surface area is 121 Å². The number of nitrogens with one attached hydrogen (secondary N) is 2. The predicted octanol–water partition coefficient (Wildman–Crippen LogP) is 1.97. The fraction of sp³-hybridized carbons (Fsp3) is 0.300. The van der Waals surface area contributed by atoms with Gasteiger partial charge < -0.3 is 11.1 Å². The van der Waals surface area contributed by atoms with Crippen molar-refractivity contribution >= 4 is 44.9 Å². The molecule has 0 unspecified atom stereocenters. The number of hydrogen-bond acceptors (Lipinski definition) is 4. The summed E-state index contributed by atoms with van der Waals surface area (Å²) in [4.78, 5) is 11.0. The van der Waals surface area contributed by atoms with Gasteiger partial charge in [-0.2, -0.15) is 0 Å². The second-order valence-electron chi connectivity index (χ2n) is 3.63. The maximum Gasteiger partial charge on any atom is 0.328 e. The maximum atomic E-state index is 11.9. The van der Waals surface area contributed by atoms with Crippen LogP contribution in [-0.4, -0.2) is 21.0 Å². The van der Waals surface area contributed by atoms with Gasteiger partial charge in [0.2, 0.25) is 0 Å². The summed E-state index contributed by atoms with van der Waals surface area (Å²) in [5.41, 5.74) is 5.48. The fourth-order valence-electron chi connectivity index (χ4n) is 1.21. The quantitative estimate of drug-likeness (QED) is 0.736. The third-order valence-electron chi connectivity index (χ3n) is 2.14. The lowest BCUT2D eigenvalue weighted by Gasteiger charge is -2.11. The van der Waals surface area contributed by atoms with Crippen LogP contribution in [0.4, 0.5) is 10.5 Å². The van der Waals surface area contributed by atoms with Crippen molar-refractivity contribution in [2.75, 3.05) is 12.3 Å². The molecule has 0 radical (unpaired) electrons. The number of rotatable bonds is 4. The van der Waals surface area contributed by atoms with Gasteiger partial charge in [-0.3, -0.25) is 0 Å². The normalized spacial score (nSPS) is 11.1. The molecule has 19 heavy (non-hydrogen) atoms. The van der Waals surface area contributed by atoms with Crippen LogP contribution >= 0.6 is 23.2 Å². The van der Waals surface area contributed by atoms with E-state index in [-0.39, 0.29) is 20.6 Å². The first kappa shape index (κ1) is 15.9. The van der Waals surface area contributed by atoms with Crippen molar-refractivity contribution in [3.63, 3.8) is 0 Å². The molecule has 0 fully saturated rings. The third kappa shape index (κ3) is 3.89. The van der Waals surface area contributed by atoms with Crippen LogP contribution in [0.5, 0.6) is 0 Å². The van der Waals surface area contributed by atoms with Crippen LogP contribution < -0.4 is 15.8 Å². The van der Waals surface area contributed by atoms with Gasteiger partial charge in [-0.25, -0.2) is 17.9 Å². The molecule has 106 valence electrons. The second kappa shape index (κ2) is 6.31. The largest absolute Gasteiger partial charge is 0.396 e. The number of hydrogen-bond donors (Lipinski definition) is 3. The molecule has 1 rings (SSSR count). The predicted molar refractivity (Wildman–Crippen MR) is 74.9 cm³/mol. The van der Waals surface area contributed by atoms with Crippen molar-refractivity contribution in [3.8, 4) is 0 Å². The SMILES string of the molecule is CCCNC(=O)NS(=O)(=O)c1ccc(Cl)c(N)c1Cl. The first-order valence-corrected chi connectivity index (χ1v) is 7.57. The van der Waals surface area contributed by atoms with Gasteiger partial charge in [-0.1, -0.05) is 30.1 Å². The number of anilines is 1. The van der Waals surface area contributed by atoms with Crippen LogP contribution in [0.3, 0.4) is 0 Å². The summed E-state index contributed by atoms with van der Waals surface area (Å²) in [6, 6.07) is 1.64. The van der Waals surface area contributed by atoms with Gasteiger partial charge in [0.25, 0.3) is 10.0 Å². The van der Waals surface area contributed by atoms with E-state index in [1.807, 2.05) is 11.6 Å². The van der Waals surface area contributed by atoms with Crippen molar-refractivity contribution in [1.29, 1.82) is 0 Å². The Bertz CT molecular complexity index is 590. The molecule has 0 saturated heterocycles. The number of benzene rings is 1. The summed E-state index contributed by atoms with van der Waals surface area (Å²) in [6.07, 6.45) is 0.683. The van der Waals surface area contributed by atoms with E-state index in [9.17, 15) is 13.2 Å². The zero-order valence-electron chi connectivity index (χ0n) is 10.0. The second-order valence-corrected chi connectivity index (χ2v) is 6.07. The Morgan fingerprint density at radius 2 is 2.00 bits per heavy atom. The molecule has 0 atom stereocenters. The summed E-state index contributed by atoms with van der Waals surface area (Å²) >= 11 is 11.5. The summed E-state index contributed by atoms with van der Waals surface area (Å²) in [6.45, 7) is 2.20. The highest BCUT2D eigenvalue weighted by Gasteiger charge is 2.22. The minimum atomic E-state index is -4.09. The van der Waals surface area contributed by atoms with Gasteiger partial charge in [0.15, 0.2) is 0 Å². The van der Waals surface area contributed by atoms with Crippen LogP contribution in [0, 0.1) is 0 Å². The molecule has 4 N–H and O–H groups in total. The molecule has 0 saturated carbocycles. The average Bonchev–Trinajstić information content (AvgIpc) is 2.32. The summed E-state index contributed by atoms with van der Waals surface area (Å²) < 4.78 is 25.7. The molecule has 0 aliphatic rings. The number of carbonyl (C=O) groups is 1. The minimum absolute atomic E-state index is 0.0554. The summed E-state index contributed by atoms with van der Waals surface area (Å²) in [5, 5.41) is 2.29. The van der Waals surface area contributed by atoms with Crippen LogP contribution in [-0.2, 0) is 10.0 Å². The molecular weight excluding hydrogens is 313 g/mol. The Balaban J connectivity index is 3.02. The van der Waals surface area contributed by atoms with Crippen molar-refractivity contribution < 1.29 is 13.2 Å².